The molecule has 3 aromatic rings. The normalized spacial score (nSPS) is 9.86. The summed E-state index contributed by atoms with van der Waals surface area (Å²) in [4.78, 5) is 27.7. The fourth-order valence-corrected chi connectivity index (χ4v) is 2.51. The first-order valence-corrected chi connectivity index (χ1v) is 8.46. The van der Waals surface area contributed by atoms with Crippen molar-refractivity contribution < 1.29 is 9.59 Å². The van der Waals surface area contributed by atoms with Gasteiger partial charge in [-0.15, -0.1) is 0 Å². The van der Waals surface area contributed by atoms with Gasteiger partial charge in [0.15, 0.2) is 0 Å². The fourth-order valence-electron chi connectivity index (χ4n) is 2.51. The zero-order valence-electron chi connectivity index (χ0n) is 15.1. The summed E-state index contributed by atoms with van der Waals surface area (Å²) in [6.07, 6.45) is 1.54. The molecule has 7 heteroatoms. The van der Waals surface area contributed by atoms with Crippen molar-refractivity contribution in [2.75, 3.05) is 16.0 Å². The smallest absolute Gasteiger partial charge is 0.274 e. The van der Waals surface area contributed by atoms with Gasteiger partial charge in [0.25, 0.3) is 5.91 Å². The van der Waals surface area contributed by atoms with Crippen molar-refractivity contribution in [3.8, 4) is 6.07 Å². The maximum atomic E-state index is 12.4. The number of aromatic nitrogens is 1. The minimum atomic E-state index is -0.363. The van der Waals surface area contributed by atoms with Gasteiger partial charge in [0.1, 0.15) is 5.69 Å². The number of nitrogens with one attached hydrogen (secondary N) is 3. The Morgan fingerprint density at radius 2 is 1.61 bits per heavy atom. The van der Waals surface area contributed by atoms with E-state index in [2.05, 4.69) is 27.0 Å². The Morgan fingerprint density at radius 1 is 0.893 bits per heavy atom. The van der Waals surface area contributed by atoms with Crippen molar-refractivity contribution in [2.24, 2.45) is 0 Å². The highest BCUT2D eigenvalue weighted by atomic mass is 16.2. The molecule has 0 radical (unpaired) electrons. The second-order valence-corrected chi connectivity index (χ2v) is 5.97. The Bertz CT molecular complexity index is 1050. The van der Waals surface area contributed by atoms with Gasteiger partial charge in [-0.1, -0.05) is 12.1 Å². The number of benzene rings is 2. The summed E-state index contributed by atoms with van der Waals surface area (Å²) in [7, 11) is 0. The average molecular weight is 371 g/mol. The highest BCUT2D eigenvalue weighted by Gasteiger charge is 2.08. The van der Waals surface area contributed by atoms with Gasteiger partial charge < -0.3 is 16.0 Å². The summed E-state index contributed by atoms with van der Waals surface area (Å²) >= 11 is 0. The van der Waals surface area contributed by atoms with E-state index in [-0.39, 0.29) is 17.5 Å². The lowest BCUT2D eigenvalue weighted by molar-refractivity contribution is -0.114. The highest BCUT2D eigenvalue weighted by molar-refractivity contribution is 6.03. The van der Waals surface area contributed by atoms with E-state index in [0.29, 0.717) is 22.6 Å². The molecule has 0 aliphatic rings. The maximum Gasteiger partial charge on any atom is 0.274 e. The molecule has 2 amide bonds. The van der Waals surface area contributed by atoms with Gasteiger partial charge in [-0.2, -0.15) is 5.26 Å². The Kier molecular flexibility index (Phi) is 5.63. The lowest BCUT2D eigenvalue weighted by Gasteiger charge is -2.09. The first-order chi connectivity index (χ1) is 13.5. The second kappa shape index (κ2) is 8.47. The third-order valence-electron chi connectivity index (χ3n) is 3.72. The van der Waals surface area contributed by atoms with Gasteiger partial charge in [0.05, 0.1) is 23.5 Å². The third-order valence-corrected chi connectivity index (χ3v) is 3.72. The van der Waals surface area contributed by atoms with E-state index < -0.39 is 0 Å². The topological polar surface area (TPSA) is 107 Å². The molecule has 0 fully saturated rings. The van der Waals surface area contributed by atoms with Crippen LogP contribution in [0.3, 0.4) is 0 Å². The molecule has 0 saturated heterocycles. The summed E-state index contributed by atoms with van der Waals surface area (Å²) in [6, 6.07) is 19.3. The van der Waals surface area contributed by atoms with Gasteiger partial charge in [-0.05, 0) is 48.5 Å². The third kappa shape index (κ3) is 4.93. The molecule has 0 spiro atoms. The monoisotopic (exact) mass is 371 g/mol. The fraction of sp³-hybridized carbons (Fsp3) is 0.0476. The van der Waals surface area contributed by atoms with E-state index in [0.717, 1.165) is 5.69 Å². The predicted octanol–water partition coefficient (Wildman–Crippen LogP) is 3.91. The molecule has 0 aliphatic carbocycles. The molecule has 1 aromatic heterocycles. The molecule has 0 bridgehead atoms. The number of carbonyl (C=O) groups is 2. The zero-order chi connectivity index (χ0) is 19.9. The molecule has 138 valence electrons. The molecule has 7 nitrogen and oxygen atoms in total. The standard InChI is InChI=1S/C21H17N5O2/c1-14(27)24-17-6-3-7-18(11-17)26-21(28)20-9-8-19(13-23-20)25-16-5-2-4-15(10-16)12-22/h2-11,13,25H,1H3,(H,24,27)(H,26,28). The number of nitriles is 1. The van der Waals surface area contributed by atoms with Crippen molar-refractivity contribution in [3.05, 3.63) is 78.1 Å². The second-order valence-electron chi connectivity index (χ2n) is 5.97. The number of pyridine rings is 1. The molecule has 2 aromatic carbocycles. The summed E-state index contributed by atoms with van der Waals surface area (Å²) in [6.45, 7) is 1.42. The van der Waals surface area contributed by atoms with Crippen molar-refractivity contribution in [2.45, 2.75) is 6.92 Å². The van der Waals surface area contributed by atoms with Crippen LogP contribution in [0.25, 0.3) is 0 Å². The first kappa shape index (κ1) is 18.6. The molecule has 0 aliphatic heterocycles. The van der Waals surface area contributed by atoms with Crippen LogP contribution in [0.1, 0.15) is 23.0 Å². The maximum absolute atomic E-state index is 12.4. The first-order valence-electron chi connectivity index (χ1n) is 8.46. The minimum absolute atomic E-state index is 0.187. The quantitative estimate of drug-likeness (QED) is 0.630. The summed E-state index contributed by atoms with van der Waals surface area (Å²) in [5, 5.41) is 17.5. The van der Waals surface area contributed by atoms with Crippen molar-refractivity contribution in [3.63, 3.8) is 0 Å². The Hall–Kier alpha value is -4.18. The van der Waals surface area contributed by atoms with E-state index in [1.54, 1.807) is 60.8 Å². The van der Waals surface area contributed by atoms with Crippen molar-refractivity contribution in [1.82, 2.24) is 4.98 Å². The lowest BCUT2D eigenvalue weighted by atomic mass is 10.2. The molecule has 0 atom stereocenters. The number of nitrogens with zero attached hydrogens (tertiary/aromatic N) is 2. The van der Waals surface area contributed by atoms with Crippen LogP contribution in [0.5, 0.6) is 0 Å². The van der Waals surface area contributed by atoms with Gasteiger partial charge in [0.2, 0.25) is 5.91 Å². The Balaban J connectivity index is 1.67. The molecular weight excluding hydrogens is 354 g/mol. The molecule has 0 unspecified atom stereocenters. The van der Waals surface area contributed by atoms with Gasteiger partial charge in [0, 0.05) is 24.0 Å². The average Bonchev–Trinajstić information content (AvgIpc) is 2.68. The lowest BCUT2D eigenvalue weighted by Crippen LogP contribution is -2.14. The number of hydrogen-bond acceptors (Lipinski definition) is 5. The summed E-state index contributed by atoms with van der Waals surface area (Å²) in [5.41, 5.74) is 3.40. The van der Waals surface area contributed by atoms with E-state index in [9.17, 15) is 9.59 Å². The van der Waals surface area contributed by atoms with E-state index in [4.69, 9.17) is 5.26 Å². The summed E-state index contributed by atoms with van der Waals surface area (Å²) < 4.78 is 0. The number of anilines is 4. The van der Waals surface area contributed by atoms with Crippen LogP contribution < -0.4 is 16.0 Å². The van der Waals surface area contributed by atoms with E-state index >= 15 is 0 Å². The molecule has 1 heterocycles. The number of hydrogen-bond donors (Lipinski definition) is 3. The van der Waals surface area contributed by atoms with Crippen LogP contribution >= 0.6 is 0 Å². The highest BCUT2D eigenvalue weighted by Crippen LogP contribution is 2.18. The van der Waals surface area contributed by atoms with Gasteiger partial charge >= 0.3 is 0 Å². The van der Waals surface area contributed by atoms with Gasteiger partial charge in [-0.25, -0.2) is 4.98 Å². The van der Waals surface area contributed by atoms with Gasteiger partial charge in [-0.3, -0.25) is 9.59 Å². The van der Waals surface area contributed by atoms with E-state index in [1.165, 1.54) is 6.92 Å². The SMILES string of the molecule is CC(=O)Nc1cccc(NC(=O)c2ccc(Nc3cccc(C#N)c3)cn2)c1. The Labute approximate surface area is 162 Å². The minimum Gasteiger partial charge on any atom is -0.354 e. The van der Waals surface area contributed by atoms with Crippen LogP contribution in [-0.2, 0) is 4.79 Å². The van der Waals surface area contributed by atoms with Crippen LogP contribution in [0.15, 0.2) is 66.9 Å². The largest absolute Gasteiger partial charge is 0.354 e. The predicted molar refractivity (Wildman–Crippen MR) is 107 cm³/mol. The number of carbonyl (C=O) groups excluding carboxylic acids is 2. The molecule has 0 saturated carbocycles. The van der Waals surface area contributed by atoms with Crippen molar-refractivity contribution >= 4 is 34.6 Å². The van der Waals surface area contributed by atoms with Crippen molar-refractivity contribution in [1.29, 1.82) is 5.26 Å². The van der Waals surface area contributed by atoms with Crippen LogP contribution in [0.4, 0.5) is 22.7 Å². The Morgan fingerprint density at radius 3 is 2.29 bits per heavy atom. The summed E-state index contributed by atoms with van der Waals surface area (Å²) in [5.74, 6) is -0.549. The molecular formula is C21H17N5O2. The van der Waals surface area contributed by atoms with Crippen LogP contribution in [0, 0.1) is 11.3 Å². The molecule has 3 rings (SSSR count). The molecule has 28 heavy (non-hydrogen) atoms. The number of rotatable bonds is 5. The van der Waals surface area contributed by atoms with Crippen LogP contribution in [-0.4, -0.2) is 16.8 Å². The zero-order valence-corrected chi connectivity index (χ0v) is 15.1. The van der Waals surface area contributed by atoms with E-state index in [1.807, 2.05) is 6.07 Å². The molecule has 3 N–H and O–H groups in total. The van der Waals surface area contributed by atoms with Crippen LogP contribution in [0.2, 0.25) is 0 Å². The number of amides is 2.